The molecule has 1 saturated heterocycles. The lowest BCUT2D eigenvalue weighted by Gasteiger charge is -2.27. The summed E-state index contributed by atoms with van der Waals surface area (Å²) < 4.78 is 7.20. The van der Waals surface area contributed by atoms with Crippen LogP contribution < -0.4 is 10.2 Å². The summed E-state index contributed by atoms with van der Waals surface area (Å²) in [7, 11) is 0. The highest BCUT2D eigenvalue weighted by molar-refractivity contribution is 6.12. The molecule has 0 aliphatic carbocycles. The van der Waals surface area contributed by atoms with E-state index >= 15 is 0 Å². The average molecular weight is 380 g/mol. The number of morpholine rings is 1. The van der Waals surface area contributed by atoms with Crippen molar-refractivity contribution in [3.05, 3.63) is 41.9 Å². The van der Waals surface area contributed by atoms with Gasteiger partial charge in [-0.15, -0.1) is 0 Å². The number of carbonyl (C=O) groups excluding carboxylic acids is 1. The number of hydrogen-bond donors (Lipinski definition) is 1. The van der Waals surface area contributed by atoms with E-state index in [2.05, 4.69) is 25.3 Å². The second-order valence-electron chi connectivity index (χ2n) is 7.19. The lowest BCUT2D eigenvalue weighted by molar-refractivity contribution is 0.102. The van der Waals surface area contributed by atoms with E-state index in [1.54, 1.807) is 18.5 Å². The van der Waals surface area contributed by atoms with Crippen molar-refractivity contribution in [3.63, 3.8) is 0 Å². The molecule has 0 unspecified atom stereocenters. The van der Waals surface area contributed by atoms with Gasteiger partial charge in [0.1, 0.15) is 5.82 Å². The fourth-order valence-electron chi connectivity index (χ4n) is 3.35. The first kappa shape index (κ1) is 18.4. The maximum absolute atomic E-state index is 12.9. The quantitative estimate of drug-likeness (QED) is 0.749. The third-order valence-corrected chi connectivity index (χ3v) is 4.77. The molecule has 0 spiro atoms. The van der Waals surface area contributed by atoms with Crippen LogP contribution in [0.1, 0.15) is 35.9 Å². The van der Waals surface area contributed by atoms with Crippen molar-refractivity contribution in [2.75, 3.05) is 36.5 Å². The van der Waals surface area contributed by atoms with Crippen LogP contribution in [0.15, 0.2) is 30.6 Å². The molecule has 0 radical (unpaired) electrons. The second-order valence-corrected chi connectivity index (χ2v) is 7.19. The van der Waals surface area contributed by atoms with E-state index in [4.69, 9.17) is 4.74 Å². The summed E-state index contributed by atoms with van der Waals surface area (Å²) in [5.74, 6) is 0.696. The van der Waals surface area contributed by atoms with Crippen molar-refractivity contribution in [1.82, 2.24) is 19.7 Å². The maximum Gasteiger partial charge on any atom is 0.256 e. The first-order valence-corrected chi connectivity index (χ1v) is 9.48. The number of anilines is 2. The Morgan fingerprint density at radius 2 is 2.00 bits per heavy atom. The fraction of sp³-hybridized carbons (Fsp3) is 0.400. The van der Waals surface area contributed by atoms with Crippen LogP contribution in [0.2, 0.25) is 0 Å². The number of ether oxygens (including phenoxy) is 1. The van der Waals surface area contributed by atoms with E-state index in [1.807, 2.05) is 37.6 Å². The van der Waals surface area contributed by atoms with Crippen molar-refractivity contribution < 1.29 is 9.53 Å². The Labute approximate surface area is 163 Å². The summed E-state index contributed by atoms with van der Waals surface area (Å²) in [4.78, 5) is 24.1. The van der Waals surface area contributed by atoms with Crippen LogP contribution in [0, 0.1) is 6.92 Å². The SMILES string of the molecule is Cc1cc(C(=O)Nc2ccc(N3CCOCC3)nc2)c2cnn(C(C)C)c2n1. The van der Waals surface area contributed by atoms with Crippen LogP contribution in [-0.2, 0) is 4.74 Å². The molecule has 0 saturated carbocycles. The largest absolute Gasteiger partial charge is 0.378 e. The number of nitrogens with zero attached hydrogens (tertiary/aromatic N) is 5. The van der Waals surface area contributed by atoms with Gasteiger partial charge in [-0.2, -0.15) is 5.10 Å². The zero-order valence-corrected chi connectivity index (χ0v) is 16.3. The summed E-state index contributed by atoms with van der Waals surface area (Å²) in [5, 5.41) is 8.08. The minimum atomic E-state index is -0.195. The number of nitrogens with one attached hydrogen (secondary N) is 1. The van der Waals surface area contributed by atoms with Crippen LogP contribution in [0.4, 0.5) is 11.5 Å². The van der Waals surface area contributed by atoms with Gasteiger partial charge in [0.05, 0.1) is 42.2 Å². The topological polar surface area (TPSA) is 85.2 Å². The van der Waals surface area contributed by atoms with Crippen molar-refractivity contribution in [3.8, 4) is 0 Å². The molecule has 4 rings (SSSR count). The molecule has 1 amide bonds. The van der Waals surface area contributed by atoms with Gasteiger partial charge in [0, 0.05) is 24.8 Å². The summed E-state index contributed by atoms with van der Waals surface area (Å²) in [6, 6.07) is 5.75. The van der Waals surface area contributed by atoms with Crippen molar-refractivity contribution in [2.45, 2.75) is 26.8 Å². The van der Waals surface area contributed by atoms with Crippen LogP contribution in [0.3, 0.4) is 0 Å². The lowest BCUT2D eigenvalue weighted by Crippen LogP contribution is -2.36. The lowest BCUT2D eigenvalue weighted by atomic mass is 10.1. The minimum absolute atomic E-state index is 0.166. The van der Waals surface area contributed by atoms with Gasteiger partial charge in [-0.3, -0.25) is 4.79 Å². The summed E-state index contributed by atoms with van der Waals surface area (Å²) in [5.41, 5.74) is 2.72. The molecule has 4 heterocycles. The average Bonchev–Trinajstić information content (AvgIpc) is 3.12. The molecule has 146 valence electrons. The Hall–Kier alpha value is -3.00. The first-order valence-electron chi connectivity index (χ1n) is 9.48. The molecule has 1 aliphatic rings. The van der Waals surface area contributed by atoms with Crippen LogP contribution in [0.5, 0.6) is 0 Å². The van der Waals surface area contributed by atoms with E-state index in [9.17, 15) is 4.79 Å². The molecule has 0 aromatic carbocycles. The zero-order valence-electron chi connectivity index (χ0n) is 16.3. The van der Waals surface area contributed by atoms with Gasteiger partial charge in [0.15, 0.2) is 5.65 Å². The van der Waals surface area contributed by atoms with Crippen LogP contribution in [0.25, 0.3) is 11.0 Å². The number of amides is 1. The van der Waals surface area contributed by atoms with Gasteiger partial charge in [0.25, 0.3) is 5.91 Å². The molecule has 1 N–H and O–H groups in total. The smallest absolute Gasteiger partial charge is 0.256 e. The van der Waals surface area contributed by atoms with E-state index in [-0.39, 0.29) is 11.9 Å². The fourth-order valence-corrected chi connectivity index (χ4v) is 3.35. The number of carbonyl (C=O) groups is 1. The first-order chi connectivity index (χ1) is 13.5. The van der Waals surface area contributed by atoms with Crippen molar-refractivity contribution in [1.29, 1.82) is 0 Å². The van der Waals surface area contributed by atoms with Crippen LogP contribution in [-0.4, -0.2) is 52.0 Å². The number of pyridine rings is 2. The molecule has 8 heteroatoms. The van der Waals surface area contributed by atoms with Gasteiger partial charge in [-0.05, 0) is 39.0 Å². The van der Waals surface area contributed by atoms with Gasteiger partial charge in [-0.1, -0.05) is 0 Å². The molecule has 1 aliphatic heterocycles. The standard InChI is InChI=1S/C20H24N6O2/c1-13(2)26-19-17(12-22-26)16(10-14(3)23-19)20(27)24-15-4-5-18(21-11-15)25-6-8-28-9-7-25/h4-5,10-13H,6-9H2,1-3H3,(H,24,27). The predicted octanol–water partition coefficient (Wildman–Crippen LogP) is 2.80. The van der Waals surface area contributed by atoms with Gasteiger partial charge in [-0.25, -0.2) is 14.6 Å². The highest BCUT2D eigenvalue weighted by Gasteiger charge is 2.18. The molecule has 1 fully saturated rings. The van der Waals surface area contributed by atoms with Gasteiger partial charge >= 0.3 is 0 Å². The summed E-state index contributed by atoms with van der Waals surface area (Å²) >= 11 is 0. The second kappa shape index (κ2) is 7.55. The Morgan fingerprint density at radius 3 is 2.68 bits per heavy atom. The molecule has 3 aromatic rings. The third kappa shape index (κ3) is 3.55. The molecule has 8 nitrogen and oxygen atoms in total. The molecule has 0 atom stereocenters. The normalized spacial score (nSPS) is 14.6. The third-order valence-electron chi connectivity index (χ3n) is 4.77. The van der Waals surface area contributed by atoms with E-state index < -0.39 is 0 Å². The molecular weight excluding hydrogens is 356 g/mol. The predicted molar refractivity (Wildman–Crippen MR) is 108 cm³/mol. The number of aryl methyl sites for hydroxylation is 1. The number of hydrogen-bond acceptors (Lipinski definition) is 6. The molecular formula is C20H24N6O2. The van der Waals surface area contributed by atoms with Crippen molar-refractivity contribution >= 4 is 28.4 Å². The highest BCUT2D eigenvalue weighted by Crippen LogP contribution is 2.22. The zero-order chi connectivity index (χ0) is 19.7. The monoisotopic (exact) mass is 380 g/mol. The Morgan fingerprint density at radius 1 is 1.21 bits per heavy atom. The maximum atomic E-state index is 12.9. The molecule has 3 aromatic heterocycles. The molecule has 0 bridgehead atoms. The Balaban J connectivity index is 1.57. The van der Waals surface area contributed by atoms with Crippen LogP contribution >= 0.6 is 0 Å². The van der Waals surface area contributed by atoms with Gasteiger partial charge < -0.3 is 15.0 Å². The Bertz CT molecular complexity index is 990. The number of rotatable bonds is 4. The van der Waals surface area contributed by atoms with E-state index in [0.717, 1.165) is 35.6 Å². The van der Waals surface area contributed by atoms with E-state index in [1.165, 1.54) is 0 Å². The minimum Gasteiger partial charge on any atom is -0.378 e. The highest BCUT2D eigenvalue weighted by atomic mass is 16.5. The Kier molecular flexibility index (Phi) is 4.95. The van der Waals surface area contributed by atoms with Crippen molar-refractivity contribution in [2.24, 2.45) is 0 Å². The number of aromatic nitrogens is 4. The summed E-state index contributed by atoms with van der Waals surface area (Å²) in [6.45, 7) is 9.03. The molecule has 28 heavy (non-hydrogen) atoms. The number of fused-ring (bicyclic) bond motifs is 1. The van der Waals surface area contributed by atoms with E-state index in [0.29, 0.717) is 24.5 Å². The van der Waals surface area contributed by atoms with Gasteiger partial charge in [0.2, 0.25) is 0 Å². The summed E-state index contributed by atoms with van der Waals surface area (Å²) in [6.07, 6.45) is 3.39.